The molecule has 0 saturated heterocycles. The third-order valence-electron chi connectivity index (χ3n) is 3.92. The van der Waals surface area contributed by atoms with Crippen LogP contribution in [0.5, 0.6) is 17.2 Å². The van der Waals surface area contributed by atoms with E-state index >= 15 is 0 Å². The van der Waals surface area contributed by atoms with Crippen LogP contribution >= 0.6 is 0 Å². The topological polar surface area (TPSA) is 56.8 Å². The summed E-state index contributed by atoms with van der Waals surface area (Å²) in [6.07, 6.45) is 0. The predicted molar refractivity (Wildman–Crippen MR) is 95.2 cm³/mol. The summed E-state index contributed by atoms with van der Waals surface area (Å²) < 4.78 is 16.4. The number of hydrogen-bond acceptors (Lipinski definition) is 4. The summed E-state index contributed by atoms with van der Waals surface area (Å²) in [4.78, 5) is 12.5. The number of hydrogen-bond donors (Lipinski definition) is 1. The molecule has 3 rings (SSSR count). The maximum atomic E-state index is 12.5. The second-order valence-electron chi connectivity index (χ2n) is 6.54. The Labute approximate surface area is 147 Å². The van der Waals surface area contributed by atoms with E-state index < -0.39 is 0 Å². The van der Waals surface area contributed by atoms with Gasteiger partial charge >= 0.3 is 0 Å². The van der Waals surface area contributed by atoms with E-state index in [0.717, 1.165) is 11.3 Å². The van der Waals surface area contributed by atoms with Gasteiger partial charge in [0.2, 0.25) is 6.79 Å². The second-order valence-corrected chi connectivity index (χ2v) is 6.54. The van der Waals surface area contributed by atoms with Crippen LogP contribution in [0.4, 0.5) is 0 Å². The van der Waals surface area contributed by atoms with Crippen molar-refractivity contribution < 1.29 is 19.0 Å². The molecule has 1 unspecified atom stereocenters. The molecule has 25 heavy (non-hydrogen) atoms. The first kappa shape index (κ1) is 17.1. The van der Waals surface area contributed by atoms with Crippen LogP contribution in [0.2, 0.25) is 0 Å². The van der Waals surface area contributed by atoms with E-state index in [1.54, 1.807) is 12.1 Å². The average molecular weight is 341 g/mol. The van der Waals surface area contributed by atoms with Gasteiger partial charge in [0.15, 0.2) is 11.5 Å². The third-order valence-corrected chi connectivity index (χ3v) is 3.92. The van der Waals surface area contributed by atoms with Crippen LogP contribution in [0.3, 0.4) is 0 Å². The summed E-state index contributed by atoms with van der Waals surface area (Å²) in [6, 6.07) is 12.8. The molecule has 0 aliphatic carbocycles. The van der Waals surface area contributed by atoms with Gasteiger partial charge in [0.25, 0.3) is 5.91 Å². The molecule has 1 N–H and O–H groups in total. The monoisotopic (exact) mass is 341 g/mol. The second kappa shape index (κ2) is 7.47. The predicted octanol–water partition coefficient (Wildman–Crippen LogP) is 3.94. The van der Waals surface area contributed by atoms with E-state index in [4.69, 9.17) is 14.2 Å². The van der Waals surface area contributed by atoms with E-state index in [-0.39, 0.29) is 18.7 Å². The van der Waals surface area contributed by atoms with Gasteiger partial charge in [0.1, 0.15) is 5.75 Å². The van der Waals surface area contributed by atoms with Gasteiger partial charge in [-0.3, -0.25) is 4.79 Å². The molecular formula is C20H23NO4. The normalized spacial score (nSPS) is 13.6. The summed E-state index contributed by atoms with van der Waals surface area (Å²) in [6.45, 7) is 6.98. The fraction of sp³-hybridized carbons (Fsp3) is 0.350. The van der Waals surface area contributed by atoms with Crippen molar-refractivity contribution in [2.24, 2.45) is 5.92 Å². The lowest BCUT2D eigenvalue weighted by atomic mass is 10.1. The lowest BCUT2D eigenvalue weighted by Gasteiger charge is -2.15. The molecule has 0 fully saturated rings. The van der Waals surface area contributed by atoms with Crippen molar-refractivity contribution in [1.29, 1.82) is 0 Å². The SMILES string of the molecule is CC(C)COc1cccc(C(=O)NC(C)c2ccc3c(c2)OCO3)c1. The molecule has 0 spiro atoms. The Bertz CT molecular complexity index is 757. The van der Waals surface area contributed by atoms with Crippen LogP contribution in [0.15, 0.2) is 42.5 Å². The summed E-state index contributed by atoms with van der Waals surface area (Å²) in [7, 11) is 0. The molecule has 5 heteroatoms. The number of carbonyl (C=O) groups excluding carboxylic acids is 1. The zero-order valence-electron chi connectivity index (χ0n) is 14.7. The van der Waals surface area contributed by atoms with Crippen molar-refractivity contribution in [2.75, 3.05) is 13.4 Å². The molecule has 0 aromatic heterocycles. The van der Waals surface area contributed by atoms with Gasteiger partial charge in [-0.2, -0.15) is 0 Å². The first-order chi connectivity index (χ1) is 12.0. The van der Waals surface area contributed by atoms with Crippen molar-refractivity contribution in [3.63, 3.8) is 0 Å². The lowest BCUT2D eigenvalue weighted by Crippen LogP contribution is -2.26. The van der Waals surface area contributed by atoms with Gasteiger partial charge in [0.05, 0.1) is 12.6 Å². The number of amides is 1. The van der Waals surface area contributed by atoms with Gasteiger partial charge in [-0.25, -0.2) is 0 Å². The van der Waals surface area contributed by atoms with Crippen LogP contribution < -0.4 is 19.5 Å². The van der Waals surface area contributed by atoms with Gasteiger partial charge in [-0.15, -0.1) is 0 Å². The highest BCUT2D eigenvalue weighted by Crippen LogP contribution is 2.34. The molecule has 1 amide bonds. The molecule has 0 saturated carbocycles. The number of carbonyl (C=O) groups is 1. The van der Waals surface area contributed by atoms with Crippen molar-refractivity contribution in [3.05, 3.63) is 53.6 Å². The summed E-state index contributed by atoms with van der Waals surface area (Å²) in [5.41, 5.74) is 1.54. The Morgan fingerprint density at radius 3 is 2.72 bits per heavy atom. The van der Waals surface area contributed by atoms with E-state index in [2.05, 4.69) is 19.2 Å². The maximum absolute atomic E-state index is 12.5. The molecule has 132 valence electrons. The van der Waals surface area contributed by atoms with Crippen LogP contribution in [0.1, 0.15) is 42.7 Å². The van der Waals surface area contributed by atoms with Crippen molar-refractivity contribution >= 4 is 5.91 Å². The largest absolute Gasteiger partial charge is 0.493 e. The highest BCUT2D eigenvalue weighted by atomic mass is 16.7. The molecule has 2 aromatic rings. The van der Waals surface area contributed by atoms with Gasteiger partial charge in [0, 0.05) is 5.56 Å². The molecule has 0 bridgehead atoms. The van der Waals surface area contributed by atoms with E-state index in [9.17, 15) is 4.79 Å². The minimum Gasteiger partial charge on any atom is -0.493 e. The van der Waals surface area contributed by atoms with Crippen molar-refractivity contribution in [3.8, 4) is 17.2 Å². The number of nitrogens with one attached hydrogen (secondary N) is 1. The zero-order chi connectivity index (χ0) is 17.8. The Hall–Kier alpha value is -2.69. The fourth-order valence-electron chi connectivity index (χ4n) is 2.54. The van der Waals surface area contributed by atoms with Crippen LogP contribution in [-0.2, 0) is 0 Å². The minimum absolute atomic E-state index is 0.139. The first-order valence-corrected chi connectivity index (χ1v) is 8.46. The lowest BCUT2D eigenvalue weighted by molar-refractivity contribution is 0.0939. The number of rotatable bonds is 6. The Balaban J connectivity index is 1.66. The molecular weight excluding hydrogens is 318 g/mol. The average Bonchev–Trinajstić information content (AvgIpc) is 3.07. The molecule has 1 aliphatic heterocycles. The van der Waals surface area contributed by atoms with Crippen molar-refractivity contribution in [1.82, 2.24) is 5.32 Å². The molecule has 1 heterocycles. The fourth-order valence-corrected chi connectivity index (χ4v) is 2.54. The van der Waals surface area contributed by atoms with Gasteiger partial charge < -0.3 is 19.5 Å². The van der Waals surface area contributed by atoms with Crippen LogP contribution in [0, 0.1) is 5.92 Å². The summed E-state index contributed by atoms with van der Waals surface area (Å²) in [5.74, 6) is 2.45. The van der Waals surface area contributed by atoms with E-state index in [0.29, 0.717) is 29.6 Å². The Kier molecular flexibility index (Phi) is 5.12. The highest BCUT2D eigenvalue weighted by molar-refractivity contribution is 5.94. The number of benzene rings is 2. The third kappa shape index (κ3) is 4.24. The molecule has 2 aromatic carbocycles. The zero-order valence-corrected chi connectivity index (χ0v) is 14.7. The standard InChI is InChI=1S/C20H23NO4/c1-13(2)11-23-17-6-4-5-16(9-17)20(22)21-14(3)15-7-8-18-19(10-15)25-12-24-18/h4-10,13-14H,11-12H2,1-3H3,(H,21,22). The van der Waals surface area contributed by atoms with Gasteiger partial charge in [-0.1, -0.05) is 26.0 Å². The Morgan fingerprint density at radius 2 is 1.92 bits per heavy atom. The molecule has 5 nitrogen and oxygen atoms in total. The molecule has 1 aliphatic rings. The van der Waals surface area contributed by atoms with Gasteiger partial charge in [-0.05, 0) is 48.7 Å². The van der Waals surface area contributed by atoms with Crippen LogP contribution in [-0.4, -0.2) is 19.3 Å². The minimum atomic E-state index is -0.151. The van der Waals surface area contributed by atoms with Crippen LogP contribution in [0.25, 0.3) is 0 Å². The number of fused-ring (bicyclic) bond motifs is 1. The summed E-state index contributed by atoms with van der Waals surface area (Å²) in [5, 5.41) is 3.00. The first-order valence-electron chi connectivity index (χ1n) is 8.46. The Morgan fingerprint density at radius 1 is 1.12 bits per heavy atom. The van der Waals surface area contributed by atoms with Crippen molar-refractivity contribution in [2.45, 2.75) is 26.8 Å². The van der Waals surface area contributed by atoms with E-state index in [1.807, 2.05) is 37.3 Å². The summed E-state index contributed by atoms with van der Waals surface area (Å²) >= 11 is 0. The smallest absolute Gasteiger partial charge is 0.251 e. The number of ether oxygens (including phenoxy) is 3. The highest BCUT2D eigenvalue weighted by Gasteiger charge is 2.17. The maximum Gasteiger partial charge on any atom is 0.251 e. The molecule has 1 atom stereocenters. The van der Waals surface area contributed by atoms with E-state index in [1.165, 1.54) is 0 Å². The quantitative estimate of drug-likeness (QED) is 0.864. The molecule has 0 radical (unpaired) electrons.